The van der Waals surface area contributed by atoms with Gasteiger partial charge in [0.2, 0.25) is 5.43 Å². The molecule has 0 aliphatic carbocycles. The SMILES string of the molecule is CS(=O)(=O)c1ccc(-c2oc3ccccc3c(=O)c2-c2ccc(Cl)nc2)cc1. The highest BCUT2D eigenvalue weighted by molar-refractivity contribution is 7.90. The summed E-state index contributed by atoms with van der Waals surface area (Å²) in [5.41, 5.74) is 1.73. The Kier molecular flexibility index (Phi) is 4.53. The Morgan fingerprint density at radius 2 is 1.61 bits per heavy atom. The van der Waals surface area contributed by atoms with E-state index in [1.54, 1.807) is 48.5 Å². The molecule has 0 saturated carbocycles. The molecule has 0 aliphatic rings. The molecule has 0 fully saturated rings. The molecule has 0 spiro atoms. The molecule has 0 atom stereocenters. The molecule has 0 bridgehead atoms. The summed E-state index contributed by atoms with van der Waals surface area (Å²) in [5.74, 6) is 0.341. The van der Waals surface area contributed by atoms with E-state index in [0.29, 0.717) is 38.6 Å². The van der Waals surface area contributed by atoms with Crippen LogP contribution in [0, 0.1) is 0 Å². The summed E-state index contributed by atoms with van der Waals surface area (Å²) in [5, 5.41) is 0.761. The molecule has 2 aromatic carbocycles. The standard InChI is InChI=1S/C21H14ClNO4S/c1-28(25,26)15-9-6-13(7-10-15)21-19(14-8-11-18(22)23-12-14)20(24)16-4-2-3-5-17(16)27-21/h2-12H,1H3. The van der Waals surface area contributed by atoms with Crippen LogP contribution in [-0.2, 0) is 9.84 Å². The Balaban J connectivity index is 2.03. The van der Waals surface area contributed by atoms with Crippen LogP contribution in [0.1, 0.15) is 0 Å². The first-order valence-electron chi connectivity index (χ1n) is 8.33. The molecule has 5 nitrogen and oxygen atoms in total. The highest BCUT2D eigenvalue weighted by Crippen LogP contribution is 2.33. The largest absolute Gasteiger partial charge is 0.455 e. The van der Waals surface area contributed by atoms with Crippen molar-refractivity contribution in [2.75, 3.05) is 6.26 Å². The smallest absolute Gasteiger partial charge is 0.201 e. The number of aromatic nitrogens is 1. The monoisotopic (exact) mass is 411 g/mol. The predicted octanol–water partition coefficient (Wildman–Crippen LogP) is 4.58. The van der Waals surface area contributed by atoms with E-state index >= 15 is 0 Å². The zero-order chi connectivity index (χ0) is 19.9. The lowest BCUT2D eigenvalue weighted by Crippen LogP contribution is -2.07. The summed E-state index contributed by atoms with van der Waals surface area (Å²) in [6.07, 6.45) is 2.65. The van der Waals surface area contributed by atoms with Crippen LogP contribution >= 0.6 is 11.6 Å². The first kappa shape index (κ1) is 18.4. The van der Waals surface area contributed by atoms with Gasteiger partial charge in [-0.15, -0.1) is 0 Å². The molecule has 2 heterocycles. The van der Waals surface area contributed by atoms with Crippen LogP contribution in [0.5, 0.6) is 0 Å². The van der Waals surface area contributed by atoms with Crippen molar-refractivity contribution < 1.29 is 12.8 Å². The van der Waals surface area contributed by atoms with E-state index in [0.717, 1.165) is 6.26 Å². The molecule has 0 saturated heterocycles. The van der Waals surface area contributed by atoms with E-state index in [1.165, 1.54) is 18.3 Å². The van der Waals surface area contributed by atoms with Gasteiger partial charge in [0, 0.05) is 23.6 Å². The minimum atomic E-state index is -3.33. The van der Waals surface area contributed by atoms with Crippen LogP contribution in [-0.4, -0.2) is 19.7 Å². The van der Waals surface area contributed by atoms with Crippen molar-refractivity contribution in [2.45, 2.75) is 4.90 Å². The van der Waals surface area contributed by atoms with Crippen molar-refractivity contribution in [1.29, 1.82) is 0 Å². The Morgan fingerprint density at radius 3 is 2.25 bits per heavy atom. The van der Waals surface area contributed by atoms with Crippen molar-refractivity contribution in [2.24, 2.45) is 0 Å². The number of nitrogens with zero attached hydrogens (tertiary/aromatic N) is 1. The number of hydrogen-bond acceptors (Lipinski definition) is 5. The minimum Gasteiger partial charge on any atom is -0.455 e. The van der Waals surface area contributed by atoms with E-state index < -0.39 is 9.84 Å². The zero-order valence-electron chi connectivity index (χ0n) is 14.7. The van der Waals surface area contributed by atoms with E-state index in [1.807, 2.05) is 0 Å². The van der Waals surface area contributed by atoms with Gasteiger partial charge >= 0.3 is 0 Å². The van der Waals surface area contributed by atoms with Crippen molar-refractivity contribution >= 4 is 32.4 Å². The number of rotatable bonds is 3. The summed E-state index contributed by atoms with van der Waals surface area (Å²) >= 11 is 5.88. The summed E-state index contributed by atoms with van der Waals surface area (Å²) in [7, 11) is -3.33. The average molecular weight is 412 g/mol. The molecule has 0 unspecified atom stereocenters. The maximum Gasteiger partial charge on any atom is 0.201 e. The Morgan fingerprint density at radius 1 is 0.929 bits per heavy atom. The second-order valence-corrected chi connectivity index (χ2v) is 8.70. The van der Waals surface area contributed by atoms with E-state index in [9.17, 15) is 13.2 Å². The molecule has 0 N–H and O–H groups in total. The second kappa shape index (κ2) is 6.89. The lowest BCUT2D eigenvalue weighted by molar-refractivity contribution is 0.601. The second-order valence-electron chi connectivity index (χ2n) is 6.30. The van der Waals surface area contributed by atoms with E-state index in [4.69, 9.17) is 16.0 Å². The molecule has 4 rings (SSSR count). The average Bonchev–Trinajstić information content (AvgIpc) is 2.68. The van der Waals surface area contributed by atoms with Gasteiger partial charge in [0.15, 0.2) is 9.84 Å². The normalized spacial score (nSPS) is 11.6. The van der Waals surface area contributed by atoms with E-state index in [2.05, 4.69) is 4.98 Å². The Bertz CT molecular complexity index is 1340. The third-order valence-electron chi connectivity index (χ3n) is 4.36. The molecule has 28 heavy (non-hydrogen) atoms. The number of hydrogen-bond donors (Lipinski definition) is 0. The third kappa shape index (κ3) is 3.32. The van der Waals surface area contributed by atoms with Crippen LogP contribution in [0.3, 0.4) is 0 Å². The molecule has 0 radical (unpaired) electrons. The van der Waals surface area contributed by atoms with Crippen LogP contribution < -0.4 is 5.43 Å². The number of fused-ring (bicyclic) bond motifs is 1. The van der Waals surface area contributed by atoms with Crippen LogP contribution in [0.15, 0.2) is 81.0 Å². The van der Waals surface area contributed by atoms with Crippen LogP contribution in [0.25, 0.3) is 33.4 Å². The number of para-hydroxylation sites is 1. The van der Waals surface area contributed by atoms with Gasteiger partial charge in [-0.05, 0) is 48.5 Å². The highest BCUT2D eigenvalue weighted by Gasteiger charge is 2.18. The summed E-state index contributed by atoms with van der Waals surface area (Å²) in [4.78, 5) is 17.5. The van der Waals surface area contributed by atoms with Gasteiger partial charge in [-0.2, -0.15) is 0 Å². The van der Waals surface area contributed by atoms with E-state index in [-0.39, 0.29) is 10.3 Å². The summed E-state index contributed by atoms with van der Waals surface area (Å²) in [6.45, 7) is 0. The van der Waals surface area contributed by atoms with Gasteiger partial charge < -0.3 is 4.42 Å². The van der Waals surface area contributed by atoms with Gasteiger partial charge in [-0.1, -0.05) is 23.7 Å². The first-order valence-corrected chi connectivity index (χ1v) is 10.6. The molecule has 140 valence electrons. The van der Waals surface area contributed by atoms with Gasteiger partial charge in [0.1, 0.15) is 16.5 Å². The van der Waals surface area contributed by atoms with Crippen molar-refractivity contribution in [3.8, 4) is 22.5 Å². The number of benzene rings is 2. The third-order valence-corrected chi connectivity index (χ3v) is 5.71. The maximum absolute atomic E-state index is 13.2. The zero-order valence-corrected chi connectivity index (χ0v) is 16.3. The van der Waals surface area contributed by atoms with Crippen LogP contribution in [0.4, 0.5) is 0 Å². The number of pyridine rings is 1. The highest BCUT2D eigenvalue weighted by atomic mass is 35.5. The Hall–Kier alpha value is -2.96. The van der Waals surface area contributed by atoms with Gasteiger partial charge in [0.05, 0.1) is 15.8 Å². The van der Waals surface area contributed by atoms with Gasteiger partial charge in [0.25, 0.3) is 0 Å². The van der Waals surface area contributed by atoms with Crippen molar-refractivity contribution in [3.05, 3.63) is 82.2 Å². The Labute approximate surface area is 166 Å². The molecule has 0 amide bonds. The number of sulfone groups is 1. The lowest BCUT2D eigenvalue weighted by Gasteiger charge is -2.11. The topological polar surface area (TPSA) is 77.2 Å². The van der Waals surface area contributed by atoms with Crippen molar-refractivity contribution in [1.82, 2.24) is 4.98 Å². The minimum absolute atomic E-state index is 0.189. The maximum atomic E-state index is 13.2. The fourth-order valence-electron chi connectivity index (χ4n) is 2.98. The summed E-state index contributed by atoms with van der Waals surface area (Å²) in [6, 6.07) is 16.5. The molecule has 4 aromatic rings. The van der Waals surface area contributed by atoms with Gasteiger partial charge in [-0.3, -0.25) is 4.79 Å². The lowest BCUT2D eigenvalue weighted by atomic mass is 9.99. The quantitative estimate of drug-likeness (QED) is 0.461. The molecular formula is C21H14ClNO4S. The number of halogens is 1. The fraction of sp³-hybridized carbons (Fsp3) is 0.0476. The van der Waals surface area contributed by atoms with Gasteiger partial charge in [-0.25, -0.2) is 13.4 Å². The first-order chi connectivity index (χ1) is 13.3. The predicted molar refractivity (Wildman–Crippen MR) is 109 cm³/mol. The fourth-order valence-corrected chi connectivity index (χ4v) is 3.73. The van der Waals surface area contributed by atoms with Crippen molar-refractivity contribution in [3.63, 3.8) is 0 Å². The molecule has 0 aliphatic heterocycles. The molecule has 2 aromatic heterocycles. The van der Waals surface area contributed by atoms with Crippen LogP contribution in [0.2, 0.25) is 5.15 Å². The summed E-state index contributed by atoms with van der Waals surface area (Å²) < 4.78 is 29.5. The molecule has 7 heteroatoms. The molecular weight excluding hydrogens is 398 g/mol.